The van der Waals surface area contributed by atoms with Crippen LogP contribution in [0.15, 0.2) is 53.6 Å². The molecule has 6 nitrogen and oxygen atoms in total. The Kier molecular flexibility index (Phi) is 5.99. The molecule has 0 spiro atoms. The molecule has 1 amide bonds. The van der Waals surface area contributed by atoms with Crippen LogP contribution >= 0.6 is 0 Å². The standard InChI is InChI=1S/C17H18N2O4/c1-21-14-7-5-6-13(10-14)11-18-19-17(20)12-23-16-9-4-3-8-15(16)22-2/h3-11H,12H2,1-2H3,(H,19,20)/b18-11-. The summed E-state index contributed by atoms with van der Waals surface area (Å²) < 4.78 is 15.6. The molecule has 2 rings (SSSR count). The van der Waals surface area contributed by atoms with E-state index in [2.05, 4.69) is 10.5 Å². The van der Waals surface area contributed by atoms with Crippen molar-refractivity contribution in [2.75, 3.05) is 20.8 Å². The Bertz CT molecular complexity index is 686. The number of hydrogen-bond donors (Lipinski definition) is 1. The first kappa shape index (κ1) is 16.4. The van der Waals surface area contributed by atoms with E-state index < -0.39 is 0 Å². The molecule has 120 valence electrons. The van der Waals surface area contributed by atoms with Gasteiger partial charge in [-0.15, -0.1) is 0 Å². The van der Waals surface area contributed by atoms with Gasteiger partial charge in [0.1, 0.15) is 5.75 Å². The second kappa shape index (κ2) is 8.43. The molecule has 0 unspecified atom stereocenters. The molecule has 0 aliphatic heterocycles. The Balaban J connectivity index is 1.84. The summed E-state index contributed by atoms with van der Waals surface area (Å²) in [6, 6.07) is 14.4. The molecule has 0 atom stereocenters. The van der Waals surface area contributed by atoms with Crippen LogP contribution in [0.4, 0.5) is 0 Å². The van der Waals surface area contributed by atoms with E-state index in [9.17, 15) is 4.79 Å². The van der Waals surface area contributed by atoms with Crippen LogP contribution < -0.4 is 19.6 Å². The highest BCUT2D eigenvalue weighted by molar-refractivity contribution is 5.83. The number of ether oxygens (including phenoxy) is 3. The fourth-order valence-corrected chi connectivity index (χ4v) is 1.81. The largest absolute Gasteiger partial charge is 0.497 e. The maximum absolute atomic E-state index is 11.7. The molecule has 0 saturated carbocycles. The van der Waals surface area contributed by atoms with Crippen molar-refractivity contribution < 1.29 is 19.0 Å². The highest BCUT2D eigenvalue weighted by Gasteiger charge is 2.05. The number of hydrogen-bond acceptors (Lipinski definition) is 5. The first-order valence-electron chi connectivity index (χ1n) is 6.94. The molecule has 6 heteroatoms. The van der Waals surface area contributed by atoms with Gasteiger partial charge in [-0.3, -0.25) is 4.79 Å². The van der Waals surface area contributed by atoms with Crippen molar-refractivity contribution in [3.8, 4) is 17.2 Å². The summed E-state index contributed by atoms with van der Waals surface area (Å²) in [6.07, 6.45) is 1.53. The smallest absolute Gasteiger partial charge is 0.277 e. The fourth-order valence-electron chi connectivity index (χ4n) is 1.81. The van der Waals surface area contributed by atoms with Crippen molar-refractivity contribution in [2.45, 2.75) is 0 Å². The van der Waals surface area contributed by atoms with Gasteiger partial charge in [0, 0.05) is 0 Å². The number of methoxy groups -OCH3 is 2. The van der Waals surface area contributed by atoms with Gasteiger partial charge in [0.2, 0.25) is 0 Å². The summed E-state index contributed by atoms with van der Waals surface area (Å²) in [5.41, 5.74) is 3.22. The molecule has 23 heavy (non-hydrogen) atoms. The van der Waals surface area contributed by atoms with Gasteiger partial charge in [0.25, 0.3) is 5.91 Å². The predicted molar refractivity (Wildman–Crippen MR) is 87.2 cm³/mol. The molecule has 0 radical (unpaired) electrons. The lowest BCUT2D eigenvalue weighted by Crippen LogP contribution is -2.24. The molecule has 1 N–H and O–H groups in total. The van der Waals surface area contributed by atoms with Crippen LogP contribution in [0.3, 0.4) is 0 Å². The summed E-state index contributed by atoms with van der Waals surface area (Å²) >= 11 is 0. The van der Waals surface area contributed by atoms with Crippen molar-refractivity contribution in [1.82, 2.24) is 5.43 Å². The number of nitrogens with zero attached hydrogens (tertiary/aromatic N) is 1. The van der Waals surface area contributed by atoms with Crippen LogP contribution in [0.25, 0.3) is 0 Å². The molecular weight excluding hydrogens is 296 g/mol. The van der Waals surface area contributed by atoms with Gasteiger partial charge in [0.15, 0.2) is 18.1 Å². The summed E-state index contributed by atoms with van der Waals surface area (Å²) in [4.78, 5) is 11.7. The second-order valence-electron chi connectivity index (χ2n) is 4.51. The minimum absolute atomic E-state index is 0.157. The lowest BCUT2D eigenvalue weighted by atomic mass is 10.2. The Labute approximate surface area is 134 Å². The fraction of sp³-hybridized carbons (Fsp3) is 0.176. The summed E-state index contributed by atoms with van der Waals surface area (Å²) in [7, 11) is 3.13. The topological polar surface area (TPSA) is 69.2 Å². The first-order chi connectivity index (χ1) is 11.2. The number of amides is 1. The third-order valence-electron chi connectivity index (χ3n) is 2.92. The van der Waals surface area contributed by atoms with Gasteiger partial charge in [-0.25, -0.2) is 5.43 Å². The molecular formula is C17H18N2O4. The quantitative estimate of drug-likeness (QED) is 0.628. The van der Waals surface area contributed by atoms with Gasteiger partial charge in [-0.2, -0.15) is 5.10 Å². The Morgan fingerprint density at radius 1 is 1.09 bits per heavy atom. The van der Waals surface area contributed by atoms with E-state index in [4.69, 9.17) is 14.2 Å². The average molecular weight is 314 g/mol. The summed E-state index contributed by atoms with van der Waals surface area (Å²) in [5.74, 6) is 1.43. The van der Waals surface area contributed by atoms with E-state index in [1.807, 2.05) is 24.3 Å². The number of nitrogens with one attached hydrogen (secondary N) is 1. The van der Waals surface area contributed by atoms with Crippen LogP contribution in [-0.4, -0.2) is 32.9 Å². The number of carbonyl (C=O) groups excluding carboxylic acids is 1. The van der Waals surface area contributed by atoms with Crippen LogP contribution in [0.1, 0.15) is 5.56 Å². The van der Waals surface area contributed by atoms with Gasteiger partial charge >= 0.3 is 0 Å². The van der Waals surface area contributed by atoms with Gasteiger partial charge in [-0.1, -0.05) is 24.3 Å². The number of hydrazone groups is 1. The monoisotopic (exact) mass is 314 g/mol. The van der Waals surface area contributed by atoms with Crippen molar-refractivity contribution in [2.24, 2.45) is 5.10 Å². The van der Waals surface area contributed by atoms with Gasteiger partial charge < -0.3 is 14.2 Å². The predicted octanol–water partition coefficient (Wildman–Crippen LogP) is 2.23. The Morgan fingerprint density at radius 2 is 1.87 bits per heavy atom. The number of benzene rings is 2. The summed E-state index contributed by atoms with van der Waals surface area (Å²) in [5, 5.41) is 3.88. The molecule has 2 aromatic carbocycles. The molecule has 0 aliphatic rings. The third kappa shape index (κ3) is 5.03. The second-order valence-corrected chi connectivity index (χ2v) is 4.51. The zero-order valence-electron chi connectivity index (χ0n) is 13.0. The molecule has 0 bridgehead atoms. The van der Waals surface area contributed by atoms with E-state index in [1.165, 1.54) is 6.21 Å². The van der Waals surface area contributed by atoms with E-state index in [0.29, 0.717) is 11.5 Å². The van der Waals surface area contributed by atoms with E-state index >= 15 is 0 Å². The number of rotatable bonds is 7. The highest BCUT2D eigenvalue weighted by atomic mass is 16.5. The van der Waals surface area contributed by atoms with E-state index in [-0.39, 0.29) is 12.5 Å². The highest BCUT2D eigenvalue weighted by Crippen LogP contribution is 2.25. The third-order valence-corrected chi connectivity index (χ3v) is 2.92. The lowest BCUT2D eigenvalue weighted by molar-refractivity contribution is -0.123. The average Bonchev–Trinajstić information content (AvgIpc) is 2.60. The maximum Gasteiger partial charge on any atom is 0.277 e. The van der Waals surface area contributed by atoms with E-state index in [1.54, 1.807) is 38.5 Å². The van der Waals surface area contributed by atoms with Crippen LogP contribution in [0.5, 0.6) is 17.2 Å². The maximum atomic E-state index is 11.7. The minimum atomic E-state index is -0.366. The molecule has 0 fully saturated rings. The van der Waals surface area contributed by atoms with Crippen molar-refractivity contribution in [1.29, 1.82) is 0 Å². The molecule has 0 heterocycles. The molecule has 0 aliphatic carbocycles. The SMILES string of the molecule is COc1cccc(/C=N\NC(=O)COc2ccccc2OC)c1. The van der Waals surface area contributed by atoms with Crippen molar-refractivity contribution >= 4 is 12.1 Å². The van der Waals surface area contributed by atoms with Crippen LogP contribution in [0, 0.1) is 0 Å². The van der Waals surface area contributed by atoms with Gasteiger partial charge in [-0.05, 0) is 29.8 Å². The molecule has 2 aromatic rings. The lowest BCUT2D eigenvalue weighted by Gasteiger charge is -2.09. The first-order valence-corrected chi connectivity index (χ1v) is 6.94. The normalized spacial score (nSPS) is 10.3. The van der Waals surface area contributed by atoms with Crippen LogP contribution in [0.2, 0.25) is 0 Å². The Morgan fingerprint density at radius 3 is 2.61 bits per heavy atom. The number of carbonyl (C=O) groups is 1. The zero-order chi connectivity index (χ0) is 16.5. The molecule has 0 aromatic heterocycles. The zero-order valence-corrected chi connectivity index (χ0v) is 13.0. The summed E-state index contributed by atoms with van der Waals surface area (Å²) in [6.45, 7) is -0.157. The van der Waals surface area contributed by atoms with Crippen LogP contribution in [-0.2, 0) is 4.79 Å². The Hall–Kier alpha value is -3.02. The minimum Gasteiger partial charge on any atom is -0.497 e. The van der Waals surface area contributed by atoms with E-state index in [0.717, 1.165) is 11.3 Å². The number of para-hydroxylation sites is 2. The molecule has 0 saturated heterocycles. The van der Waals surface area contributed by atoms with Crippen molar-refractivity contribution in [3.63, 3.8) is 0 Å². The van der Waals surface area contributed by atoms with Gasteiger partial charge in [0.05, 0.1) is 20.4 Å². The van der Waals surface area contributed by atoms with Crippen molar-refractivity contribution in [3.05, 3.63) is 54.1 Å².